The SMILES string of the molecule is CCOC(=O)/C=C/c1nc(-c2ccc(C(F)(F)F)cc2)ccc1N.CCOC(=O)CCc1nc(-c2ccc(C(F)(F)F)cc2)ccc1N. The Labute approximate surface area is 272 Å². The first kappa shape index (κ1) is 37.1. The Morgan fingerprint density at radius 2 is 1.17 bits per heavy atom. The van der Waals surface area contributed by atoms with Crippen molar-refractivity contribution in [3.05, 3.63) is 101 Å². The third-order valence-electron chi connectivity index (χ3n) is 6.52. The van der Waals surface area contributed by atoms with Crippen LogP contribution >= 0.6 is 0 Å². The summed E-state index contributed by atoms with van der Waals surface area (Å²) in [4.78, 5) is 31.4. The monoisotopic (exact) mass is 674 g/mol. The summed E-state index contributed by atoms with van der Waals surface area (Å²) in [6.07, 6.45) is -5.72. The van der Waals surface area contributed by atoms with E-state index < -0.39 is 29.4 Å². The van der Waals surface area contributed by atoms with Gasteiger partial charge in [0, 0.05) is 23.6 Å². The van der Waals surface area contributed by atoms with Crippen molar-refractivity contribution >= 4 is 29.4 Å². The van der Waals surface area contributed by atoms with Gasteiger partial charge in [0.2, 0.25) is 0 Å². The van der Waals surface area contributed by atoms with Crippen molar-refractivity contribution in [1.29, 1.82) is 0 Å². The van der Waals surface area contributed by atoms with Gasteiger partial charge < -0.3 is 20.9 Å². The Morgan fingerprint density at radius 3 is 1.65 bits per heavy atom. The number of carbonyl (C=O) groups is 2. The van der Waals surface area contributed by atoms with Crippen LogP contribution in [0, 0.1) is 0 Å². The number of esters is 2. The smallest absolute Gasteiger partial charge is 0.416 e. The topological polar surface area (TPSA) is 130 Å². The second-order valence-electron chi connectivity index (χ2n) is 9.94. The molecule has 0 saturated heterocycles. The quantitative estimate of drug-likeness (QED) is 0.105. The van der Waals surface area contributed by atoms with Crippen LogP contribution in [0.1, 0.15) is 42.8 Å². The molecule has 0 unspecified atom stereocenters. The minimum Gasteiger partial charge on any atom is -0.466 e. The van der Waals surface area contributed by atoms with E-state index in [1.54, 1.807) is 38.1 Å². The summed E-state index contributed by atoms with van der Waals surface area (Å²) in [6, 6.07) is 15.8. The zero-order valence-electron chi connectivity index (χ0n) is 25.9. The molecule has 2 aromatic carbocycles. The number of nitrogens with zero attached hydrogens (tertiary/aromatic N) is 2. The summed E-state index contributed by atoms with van der Waals surface area (Å²) in [5.74, 6) is -0.878. The van der Waals surface area contributed by atoms with Crippen molar-refractivity contribution in [3.8, 4) is 22.5 Å². The van der Waals surface area contributed by atoms with Gasteiger partial charge in [0.05, 0.1) is 64.9 Å². The van der Waals surface area contributed by atoms with Gasteiger partial charge in [-0.15, -0.1) is 0 Å². The molecule has 0 bridgehead atoms. The molecule has 2 aromatic heterocycles. The highest BCUT2D eigenvalue weighted by Gasteiger charge is 2.30. The number of hydrogen-bond donors (Lipinski definition) is 2. The molecule has 0 spiro atoms. The van der Waals surface area contributed by atoms with E-state index in [2.05, 4.69) is 9.97 Å². The fourth-order valence-corrected chi connectivity index (χ4v) is 4.10. The number of nitrogen functional groups attached to an aromatic ring is 2. The Balaban J connectivity index is 0.000000260. The first-order valence-corrected chi connectivity index (χ1v) is 14.5. The first-order valence-electron chi connectivity index (χ1n) is 14.5. The van der Waals surface area contributed by atoms with E-state index in [1.165, 1.54) is 36.4 Å². The van der Waals surface area contributed by atoms with Gasteiger partial charge in [-0.25, -0.2) is 9.78 Å². The Hall–Kier alpha value is -5.40. The number of benzene rings is 2. The Kier molecular flexibility index (Phi) is 12.7. The van der Waals surface area contributed by atoms with Crippen LogP contribution in [0.25, 0.3) is 28.6 Å². The van der Waals surface area contributed by atoms with Crippen LogP contribution in [-0.2, 0) is 37.8 Å². The van der Waals surface area contributed by atoms with Crippen LogP contribution in [0.2, 0.25) is 0 Å². The largest absolute Gasteiger partial charge is 0.466 e. The normalized spacial score (nSPS) is 11.5. The van der Waals surface area contributed by atoms with E-state index in [4.69, 9.17) is 20.9 Å². The Bertz CT molecular complexity index is 1720. The van der Waals surface area contributed by atoms with E-state index >= 15 is 0 Å². The van der Waals surface area contributed by atoms with Gasteiger partial charge in [-0.1, -0.05) is 24.3 Å². The van der Waals surface area contributed by atoms with Gasteiger partial charge in [-0.2, -0.15) is 26.3 Å². The zero-order valence-corrected chi connectivity index (χ0v) is 25.9. The van der Waals surface area contributed by atoms with Gasteiger partial charge in [-0.05, 0) is 68.5 Å². The predicted octanol–water partition coefficient (Wildman–Crippen LogP) is 7.77. The molecule has 4 aromatic rings. The van der Waals surface area contributed by atoms with Gasteiger partial charge >= 0.3 is 24.3 Å². The second kappa shape index (κ2) is 16.4. The molecule has 14 heteroatoms. The summed E-state index contributed by atoms with van der Waals surface area (Å²) in [7, 11) is 0. The fraction of sp³-hybridized carbons (Fsp3) is 0.235. The molecule has 4 N–H and O–H groups in total. The van der Waals surface area contributed by atoms with E-state index in [-0.39, 0.29) is 19.0 Å². The predicted molar refractivity (Wildman–Crippen MR) is 169 cm³/mol. The number of carbonyl (C=O) groups excluding carboxylic acids is 2. The number of aromatic nitrogens is 2. The van der Waals surface area contributed by atoms with Gasteiger partial charge in [0.1, 0.15) is 0 Å². The number of ether oxygens (including phenoxy) is 2. The molecule has 0 amide bonds. The molecular weight excluding hydrogens is 642 g/mol. The van der Waals surface area contributed by atoms with Crippen LogP contribution in [0.15, 0.2) is 78.9 Å². The summed E-state index contributed by atoms with van der Waals surface area (Å²) in [5, 5.41) is 0. The van der Waals surface area contributed by atoms with E-state index in [1.807, 2.05) is 0 Å². The molecular formula is C34H32F6N4O4. The molecule has 0 aliphatic carbocycles. The summed E-state index contributed by atoms with van der Waals surface area (Å²) in [5.41, 5.74) is 13.8. The third-order valence-corrected chi connectivity index (χ3v) is 6.52. The van der Waals surface area contributed by atoms with Crippen LogP contribution < -0.4 is 11.5 Å². The minimum absolute atomic E-state index is 0.140. The number of pyridine rings is 2. The van der Waals surface area contributed by atoms with Crippen molar-refractivity contribution < 1.29 is 45.4 Å². The lowest BCUT2D eigenvalue weighted by Crippen LogP contribution is -2.08. The molecule has 8 nitrogen and oxygen atoms in total. The fourth-order valence-electron chi connectivity index (χ4n) is 4.10. The lowest BCUT2D eigenvalue weighted by atomic mass is 10.1. The number of nitrogens with two attached hydrogens (primary N) is 2. The highest BCUT2D eigenvalue weighted by Crippen LogP contribution is 2.32. The molecule has 2 heterocycles. The van der Waals surface area contributed by atoms with Crippen LogP contribution in [-0.4, -0.2) is 35.1 Å². The number of halogens is 6. The van der Waals surface area contributed by atoms with Crippen LogP contribution in [0.4, 0.5) is 37.7 Å². The van der Waals surface area contributed by atoms with Crippen molar-refractivity contribution in [2.75, 3.05) is 24.7 Å². The maximum atomic E-state index is 12.6. The maximum Gasteiger partial charge on any atom is 0.416 e. The molecule has 0 radical (unpaired) electrons. The van der Waals surface area contributed by atoms with Crippen molar-refractivity contribution in [2.45, 2.75) is 39.0 Å². The molecule has 0 saturated carbocycles. The van der Waals surface area contributed by atoms with E-state index in [0.717, 1.165) is 24.3 Å². The molecule has 0 aliphatic heterocycles. The van der Waals surface area contributed by atoms with Gasteiger partial charge in [0.15, 0.2) is 0 Å². The molecule has 0 atom stereocenters. The van der Waals surface area contributed by atoms with Crippen molar-refractivity contribution in [2.24, 2.45) is 0 Å². The standard InChI is InChI=1S/C17H17F3N2O2.C17H15F3N2O2/c2*1-2-24-16(23)10-9-15-13(21)7-8-14(22-15)11-3-5-12(6-4-11)17(18,19)20/h3-8H,2,9-10,21H2,1H3;3-10H,2,21H2,1H3/b;10-9+. The maximum absolute atomic E-state index is 12.6. The zero-order chi connectivity index (χ0) is 35.5. The number of aryl methyl sites for hydroxylation is 1. The molecule has 4 rings (SSSR count). The van der Waals surface area contributed by atoms with Gasteiger partial charge in [0.25, 0.3) is 0 Å². The first-order chi connectivity index (χ1) is 22.6. The van der Waals surface area contributed by atoms with Crippen LogP contribution in [0.5, 0.6) is 0 Å². The highest BCUT2D eigenvalue weighted by atomic mass is 19.4. The molecule has 0 aliphatic rings. The average molecular weight is 675 g/mol. The second-order valence-corrected chi connectivity index (χ2v) is 9.94. The minimum atomic E-state index is -4.39. The number of rotatable bonds is 9. The van der Waals surface area contributed by atoms with E-state index in [9.17, 15) is 35.9 Å². The van der Waals surface area contributed by atoms with Crippen molar-refractivity contribution in [1.82, 2.24) is 9.97 Å². The number of anilines is 2. The number of alkyl halides is 6. The molecule has 0 fully saturated rings. The molecule has 254 valence electrons. The average Bonchev–Trinajstić information content (AvgIpc) is 3.04. The van der Waals surface area contributed by atoms with E-state index in [0.29, 0.717) is 58.3 Å². The third kappa shape index (κ3) is 10.9. The summed E-state index contributed by atoms with van der Waals surface area (Å²) in [6.45, 7) is 3.95. The lowest BCUT2D eigenvalue weighted by molar-refractivity contribution is -0.143. The van der Waals surface area contributed by atoms with Crippen LogP contribution in [0.3, 0.4) is 0 Å². The van der Waals surface area contributed by atoms with Crippen molar-refractivity contribution in [3.63, 3.8) is 0 Å². The molecule has 48 heavy (non-hydrogen) atoms. The lowest BCUT2D eigenvalue weighted by Gasteiger charge is -2.10. The summed E-state index contributed by atoms with van der Waals surface area (Å²) < 4.78 is 85.2. The summed E-state index contributed by atoms with van der Waals surface area (Å²) >= 11 is 0. The van der Waals surface area contributed by atoms with Gasteiger partial charge in [-0.3, -0.25) is 9.78 Å². The highest BCUT2D eigenvalue weighted by molar-refractivity contribution is 5.88. The Morgan fingerprint density at radius 1 is 0.688 bits per heavy atom. The number of hydrogen-bond acceptors (Lipinski definition) is 8.